The van der Waals surface area contributed by atoms with Gasteiger partial charge in [-0.3, -0.25) is 0 Å². The topological polar surface area (TPSA) is 15.3 Å². The molecular weight excluding hydrogens is 196 g/mol. The summed E-state index contributed by atoms with van der Waals surface area (Å²) in [5.74, 6) is 0. The summed E-state index contributed by atoms with van der Waals surface area (Å²) in [6.45, 7) is 3.32. The molecule has 0 aromatic heterocycles. The zero-order valence-electron chi connectivity index (χ0n) is 10.5. The van der Waals surface area contributed by atoms with Crippen LogP contribution in [0.3, 0.4) is 0 Å². The van der Waals surface area contributed by atoms with E-state index in [1.54, 1.807) is 0 Å². The molecule has 88 valence electrons. The number of fused-ring (bicyclic) bond motifs is 1. The molecule has 1 aliphatic rings. The number of benzene rings is 1. The van der Waals surface area contributed by atoms with E-state index in [9.17, 15) is 0 Å². The number of rotatable bonds is 4. The van der Waals surface area contributed by atoms with Crippen LogP contribution in [0.1, 0.15) is 30.5 Å². The molecule has 1 aromatic carbocycles. The molecule has 0 fully saturated rings. The Bertz CT molecular complexity index is 346. The number of hydrogen-bond acceptors (Lipinski definition) is 2. The monoisotopic (exact) mass is 218 g/mol. The van der Waals surface area contributed by atoms with Gasteiger partial charge < -0.3 is 10.2 Å². The molecule has 0 heterocycles. The van der Waals surface area contributed by atoms with Crippen LogP contribution in [0.25, 0.3) is 0 Å². The van der Waals surface area contributed by atoms with Crippen molar-refractivity contribution in [3.05, 3.63) is 35.4 Å². The minimum absolute atomic E-state index is 0.568. The highest BCUT2D eigenvalue weighted by molar-refractivity contribution is 5.34. The van der Waals surface area contributed by atoms with E-state index in [4.69, 9.17) is 0 Å². The van der Waals surface area contributed by atoms with Gasteiger partial charge in [0.2, 0.25) is 0 Å². The van der Waals surface area contributed by atoms with Crippen LogP contribution in [0.15, 0.2) is 24.3 Å². The number of hydrogen-bond donors (Lipinski definition) is 1. The zero-order valence-corrected chi connectivity index (χ0v) is 10.5. The highest BCUT2D eigenvalue weighted by Crippen LogP contribution is 2.30. The van der Waals surface area contributed by atoms with Crippen LogP contribution in [0, 0.1) is 0 Å². The van der Waals surface area contributed by atoms with Gasteiger partial charge in [-0.25, -0.2) is 0 Å². The van der Waals surface area contributed by atoms with E-state index in [1.165, 1.54) is 24.0 Å². The van der Waals surface area contributed by atoms with Gasteiger partial charge in [0.15, 0.2) is 0 Å². The van der Waals surface area contributed by atoms with Gasteiger partial charge in [-0.1, -0.05) is 24.3 Å². The zero-order chi connectivity index (χ0) is 11.5. The first kappa shape index (κ1) is 11.6. The van der Waals surface area contributed by atoms with E-state index in [1.807, 2.05) is 0 Å². The Morgan fingerprint density at radius 3 is 2.88 bits per heavy atom. The van der Waals surface area contributed by atoms with Gasteiger partial charge in [0.05, 0.1) is 0 Å². The predicted molar refractivity (Wildman–Crippen MR) is 68.7 cm³/mol. The summed E-state index contributed by atoms with van der Waals surface area (Å²) in [6, 6.07) is 9.97. The van der Waals surface area contributed by atoms with Crippen LogP contribution in [0.5, 0.6) is 0 Å². The van der Waals surface area contributed by atoms with Gasteiger partial charge in [0.25, 0.3) is 0 Å². The van der Waals surface area contributed by atoms with Crippen LogP contribution in [0.4, 0.5) is 0 Å². The van der Waals surface area contributed by atoms with Crippen LogP contribution < -0.4 is 5.32 Å². The van der Waals surface area contributed by atoms with Gasteiger partial charge in [-0.2, -0.15) is 0 Å². The van der Waals surface area contributed by atoms with E-state index in [0.717, 1.165) is 6.54 Å². The van der Waals surface area contributed by atoms with E-state index in [-0.39, 0.29) is 0 Å². The second kappa shape index (κ2) is 4.98. The van der Waals surface area contributed by atoms with Crippen LogP contribution >= 0.6 is 0 Å². The first-order valence-corrected chi connectivity index (χ1v) is 6.16. The third-order valence-electron chi connectivity index (χ3n) is 3.67. The fourth-order valence-electron chi connectivity index (χ4n) is 2.26. The normalized spacial score (nSPS) is 21.1. The number of aryl methyl sites for hydroxylation is 1. The molecule has 0 radical (unpaired) electrons. The summed E-state index contributed by atoms with van der Waals surface area (Å²) in [5, 5.41) is 3.68. The average molecular weight is 218 g/mol. The molecule has 0 amide bonds. The summed E-state index contributed by atoms with van der Waals surface area (Å²) in [6.07, 6.45) is 2.48. The second-order valence-corrected chi connectivity index (χ2v) is 5.01. The first-order chi connectivity index (χ1) is 7.68. The predicted octanol–water partition coefficient (Wildman–Crippen LogP) is 2.21. The van der Waals surface area contributed by atoms with Crippen molar-refractivity contribution in [3.63, 3.8) is 0 Å². The molecule has 2 heteroatoms. The number of nitrogens with zero attached hydrogens (tertiary/aromatic N) is 1. The summed E-state index contributed by atoms with van der Waals surface area (Å²) in [4.78, 5) is 2.26. The van der Waals surface area contributed by atoms with Crippen molar-refractivity contribution in [2.45, 2.75) is 31.8 Å². The van der Waals surface area contributed by atoms with Crippen molar-refractivity contribution >= 4 is 0 Å². The van der Waals surface area contributed by atoms with Crippen molar-refractivity contribution < 1.29 is 0 Å². The summed E-state index contributed by atoms with van der Waals surface area (Å²) < 4.78 is 0. The van der Waals surface area contributed by atoms with Crippen molar-refractivity contribution in [2.24, 2.45) is 0 Å². The molecule has 16 heavy (non-hydrogen) atoms. The van der Waals surface area contributed by atoms with Crippen molar-refractivity contribution in [2.75, 3.05) is 20.6 Å². The van der Waals surface area contributed by atoms with E-state index in [0.29, 0.717) is 12.1 Å². The number of likely N-dealkylation sites (N-methyl/N-ethyl adjacent to an activating group) is 1. The van der Waals surface area contributed by atoms with Crippen LogP contribution in [-0.2, 0) is 6.42 Å². The lowest BCUT2D eigenvalue weighted by Crippen LogP contribution is -2.36. The van der Waals surface area contributed by atoms with Crippen LogP contribution in [-0.4, -0.2) is 31.6 Å². The molecule has 0 spiro atoms. The Balaban J connectivity index is 1.93. The molecule has 0 saturated carbocycles. The summed E-state index contributed by atoms with van der Waals surface area (Å²) >= 11 is 0. The van der Waals surface area contributed by atoms with Gasteiger partial charge in [0.1, 0.15) is 0 Å². The van der Waals surface area contributed by atoms with Gasteiger partial charge in [-0.15, -0.1) is 0 Å². The third-order valence-corrected chi connectivity index (χ3v) is 3.67. The number of nitrogens with one attached hydrogen (secondary N) is 1. The molecular formula is C14H22N2. The molecule has 0 saturated heterocycles. The quantitative estimate of drug-likeness (QED) is 0.833. The molecule has 0 bridgehead atoms. The summed E-state index contributed by atoms with van der Waals surface area (Å²) in [7, 11) is 4.27. The Hall–Kier alpha value is -0.860. The average Bonchev–Trinajstić information content (AvgIpc) is 2.69. The maximum atomic E-state index is 3.68. The maximum Gasteiger partial charge on any atom is 0.0326 e. The van der Waals surface area contributed by atoms with Crippen molar-refractivity contribution in [1.29, 1.82) is 0 Å². The Labute approximate surface area is 98.7 Å². The SMILES string of the molecule is CC(CNC1CCc2ccccc21)N(C)C. The second-order valence-electron chi connectivity index (χ2n) is 5.01. The Morgan fingerprint density at radius 2 is 2.12 bits per heavy atom. The van der Waals surface area contributed by atoms with E-state index < -0.39 is 0 Å². The summed E-state index contributed by atoms with van der Waals surface area (Å²) in [5.41, 5.74) is 3.03. The fourth-order valence-corrected chi connectivity index (χ4v) is 2.26. The smallest absolute Gasteiger partial charge is 0.0326 e. The molecule has 2 rings (SSSR count). The molecule has 2 nitrogen and oxygen atoms in total. The minimum Gasteiger partial charge on any atom is -0.308 e. The lowest BCUT2D eigenvalue weighted by molar-refractivity contribution is 0.293. The fraction of sp³-hybridized carbons (Fsp3) is 0.571. The van der Waals surface area contributed by atoms with Gasteiger partial charge in [0, 0.05) is 18.6 Å². The largest absolute Gasteiger partial charge is 0.308 e. The van der Waals surface area contributed by atoms with E-state index >= 15 is 0 Å². The lowest BCUT2D eigenvalue weighted by Gasteiger charge is -2.23. The van der Waals surface area contributed by atoms with E-state index in [2.05, 4.69) is 55.5 Å². The third kappa shape index (κ3) is 2.45. The first-order valence-electron chi connectivity index (χ1n) is 6.16. The van der Waals surface area contributed by atoms with Crippen molar-refractivity contribution in [1.82, 2.24) is 10.2 Å². The van der Waals surface area contributed by atoms with Gasteiger partial charge in [-0.05, 0) is 45.0 Å². The van der Waals surface area contributed by atoms with Gasteiger partial charge >= 0.3 is 0 Å². The highest BCUT2D eigenvalue weighted by Gasteiger charge is 2.21. The standard InChI is InChI=1S/C14H22N2/c1-11(16(2)3)10-15-14-9-8-12-6-4-5-7-13(12)14/h4-7,11,14-15H,8-10H2,1-3H3. The molecule has 1 N–H and O–H groups in total. The highest BCUT2D eigenvalue weighted by atomic mass is 15.1. The molecule has 2 atom stereocenters. The Kier molecular flexibility index (Phi) is 3.62. The van der Waals surface area contributed by atoms with Crippen LogP contribution in [0.2, 0.25) is 0 Å². The lowest BCUT2D eigenvalue weighted by atomic mass is 10.1. The van der Waals surface area contributed by atoms with Crippen molar-refractivity contribution in [3.8, 4) is 0 Å². The molecule has 1 aliphatic carbocycles. The minimum atomic E-state index is 0.568. The molecule has 1 aromatic rings. The maximum absolute atomic E-state index is 3.68. The molecule has 2 unspecified atom stereocenters. The molecule has 0 aliphatic heterocycles. The Morgan fingerprint density at radius 1 is 1.38 bits per heavy atom.